The van der Waals surface area contributed by atoms with Crippen molar-refractivity contribution in [2.24, 2.45) is 0 Å². The molecule has 0 aliphatic rings. The summed E-state index contributed by atoms with van der Waals surface area (Å²) in [4.78, 5) is 0. The Balaban J connectivity index is 2.91. The minimum absolute atomic E-state index is 0.319. The van der Waals surface area contributed by atoms with Crippen LogP contribution in [0.15, 0.2) is 0 Å². The Hall–Kier alpha value is -0.350. The molecule has 0 saturated heterocycles. The maximum atomic E-state index is 5.16. The first-order valence-electron chi connectivity index (χ1n) is 1.86. The molecule has 39 valence electrons. The van der Waals surface area contributed by atoms with E-state index in [0.29, 0.717) is 12.5 Å². The average Bonchev–Trinajstić information content (AvgIpc) is 1.69. The van der Waals surface area contributed by atoms with E-state index in [1.54, 1.807) is 0 Å². The highest BCUT2D eigenvalue weighted by Gasteiger charge is 1.64. The van der Waals surface area contributed by atoms with E-state index in [2.05, 4.69) is 23.7 Å². The van der Waals surface area contributed by atoms with Gasteiger partial charge in [-0.2, -0.15) is 0 Å². The Morgan fingerprint density at radius 2 is 2.43 bits per heavy atom. The second-order valence-corrected chi connectivity index (χ2v) is 1.03. The molecule has 0 aliphatic heterocycles. The fourth-order valence-corrected chi connectivity index (χ4v) is 0.184. The maximum absolute atomic E-state index is 5.16. The van der Waals surface area contributed by atoms with Crippen LogP contribution in [0.5, 0.6) is 0 Å². The van der Waals surface area contributed by atoms with Crippen LogP contribution < -0.4 is 0 Å². The van der Waals surface area contributed by atoms with Gasteiger partial charge in [-0.15, -0.1) is 11.6 Å². The summed E-state index contributed by atoms with van der Waals surface area (Å²) in [5.41, 5.74) is 0. The zero-order valence-corrected chi connectivity index (χ0v) is 4.66. The van der Waals surface area contributed by atoms with E-state index in [1.165, 1.54) is 0 Å². The summed E-state index contributed by atoms with van der Waals surface area (Å²) in [6.45, 7) is 3.77. The smallest absolute Gasteiger partial charge is 0.111 e. The monoisotopic (exact) mass is 117 g/mol. The Labute approximate surface area is 48.6 Å². The van der Waals surface area contributed by atoms with E-state index in [9.17, 15) is 0 Å². The zero-order chi connectivity index (χ0) is 5.54. The van der Waals surface area contributed by atoms with Crippen LogP contribution in [0.2, 0.25) is 0 Å². The Morgan fingerprint density at radius 1 is 1.71 bits per heavy atom. The molecular formula is C5H6ClO. The summed E-state index contributed by atoms with van der Waals surface area (Å²) in [6.07, 6.45) is 2.34. The molecule has 0 amide bonds. The second kappa shape index (κ2) is 5.65. The topological polar surface area (TPSA) is 9.23 Å². The minimum atomic E-state index is 0.319. The molecule has 0 fully saturated rings. The zero-order valence-electron chi connectivity index (χ0n) is 3.91. The molecular weight excluding hydrogens is 112 g/mol. The highest BCUT2D eigenvalue weighted by molar-refractivity contribution is 6.19. The first kappa shape index (κ1) is 6.65. The van der Waals surface area contributed by atoms with Crippen LogP contribution in [-0.4, -0.2) is 12.5 Å². The summed E-state index contributed by atoms with van der Waals surface area (Å²) in [5, 5.41) is 0. The lowest BCUT2D eigenvalue weighted by Gasteiger charge is -1.81. The van der Waals surface area contributed by atoms with Crippen molar-refractivity contribution >= 4 is 11.6 Å². The highest BCUT2D eigenvalue weighted by Crippen LogP contribution is 1.68. The van der Waals surface area contributed by atoms with E-state index in [4.69, 9.17) is 11.6 Å². The number of ether oxygens (including phenoxy) is 1. The van der Waals surface area contributed by atoms with Crippen molar-refractivity contribution in [2.75, 3.05) is 12.5 Å². The summed E-state index contributed by atoms with van der Waals surface area (Å²) in [7, 11) is 0. The van der Waals surface area contributed by atoms with Gasteiger partial charge in [0.2, 0.25) is 0 Å². The summed E-state index contributed by atoms with van der Waals surface area (Å²) in [5.74, 6) is 2.82. The van der Waals surface area contributed by atoms with Gasteiger partial charge < -0.3 is 4.74 Å². The molecule has 2 heteroatoms. The summed E-state index contributed by atoms with van der Waals surface area (Å²) in [6, 6.07) is 0. The van der Waals surface area contributed by atoms with Crippen LogP contribution in [-0.2, 0) is 4.74 Å². The molecule has 1 radical (unpaired) electrons. The number of hydrogen-bond donors (Lipinski definition) is 0. The van der Waals surface area contributed by atoms with Gasteiger partial charge in [0, 0.05) is 0 Å². The Bertz CT molecular complexity index is 79.8. The lowest BCUT2D eigenvalue weighted by Crippen LogP contribution is -1.76. The van der Waals surface area contributed by atoms with Gasteiger partial charge in [0.1, 0.15) is 12.7 Å². The van der Waals surface area contributed by atoms with Crippen molar-refractivity contribution in [3.63, 3.8) is 0 Å². The van der Waals surface area contributed by atoms with E-state index in [1.807, 2.05) is 0 Å². The third kappa shape index (κ3) is 5.65. The molecule has 0 bridgehead atoms. The molecule has 0 rings (SSSR count). The first-order chi connectivity index (χ1) is 3.41. The quantitative estimate of drug-likeness (QED) is 0.368. The van der Waals surface area contributed by atoms with Crippen LogP contribution in [0, 0.1) is 19.0 Å². The maximum Gasteiger partial charge on any atom is 0.111 e. The Kier molecular flexibility index (Phi) is 5.37. The normalized spacial score (nSPS) is 6.57. The van der Waals surface area contributed by atoms with E-state index >= 15 is 0 Å². The van der Waals surface area contributed by atoms with Crippen LogP contribution in [0.3, 0.4) is 0 Å². The molecule has 0 saturated carbocycles. The SMILES string of the molecule is [CH2]COC#CCCl. The van der Waals surface area contributed by atoms with Gasteiger partial charge in [0.15, 0.2) is 0 Å². The van der Waals surface area contributed by atoms with Crippen molar-refractivity contribution in [1.29, 1.82) is 0 Å². The van der Waals surface area contributed by atoms with Gasteiger partial charge in [-0.25, -0.2) is 0 Å². The summed E-state index contributed by atoms with van der Waals surface area (Å²) >= 11 is 5.16. The van der Waals surface area contributed by atoms with Crippen LogP contribution in [0.4, 0.5) is 0 Å². The third-order valence-corrected chi connectivity index (χ3v) is 0.447. The van der Waals surface area contributed by atoms with Gasteiger partial charge in [-0.3, -0.25) is 0 Å². The minimum Gasteiger partial charge on any atom is -0.447 e. The standard InChI is InChI=1S/C5H6ClO/c1-2-7-5-3-4-6/h1-2,4H2. The fourth-order valence-electron chi connectivity index (χ4n) is 0.129. The molecule has 0 heterocycles. The van der Waals surface area contributed by atoms with Gasteiger partial charge in [0.25, 0.3) is 0 Å². The van der Waals surface area contributed by atoms with Gasteiger partial charge >= 0.3 is 0 Å². The fraction of sp³-hybridized carbons (Fsp3) is 0.400. The predicted octanol–water partition coefficient (Wildman–Crippen LogP) is 1.04. The molecule has 0 aromatic rings. The van der Waals surface area contributed by atoms with Crippen LogP contribution in [0.1, 0.15) is 0 Å². The predicted molar refractivity (Wildman–Crippen MR) is 29.8 cm³/mol. The Morgan fingerprint density at radius 3 is 2.86 bits per heavy atom. The van der Waals surface area contributed by atoms with Gasteiger partial charge in [-0.05, 0) is 12.8 Å². The van der Waals surface area contributed by atoms with Gasteiger partial charge in [-0.1, -0.05) is 0 Å². The number of alkyl halides is 1. The lowest BCUT2D eigenvalue weighted by atomic mass is 10.8. The van der Waals surface area contributed by atoms with E-state index < -0.39 is 0 Å². The van der Waals surface area contributed by atoms with Crippen LogP contribution >= 0.6 is 11.6 Å². The van der Waals surface area contributed by atoms with Gasteiger partial charge in [0.05, 0.1) is 5.88 Å². The molecule has 1 nitrogen and oxygen atoms in total. The average molecular weight is 118 g/mol. The number of rotatable bonds is 1. The molecule has 0 unspecified atom stereocenters. The second-order valence-electron chi connectivity index (χ2n) is 0.761. The molecule has 0 aromatic carbocycles. The van der Waals surface area contributed by atoms with Crippen molar-refractivity contribution in [1.82, 2.24) is 0 Å². The summed E-state index contributed by atoms with van der Waals surface area (Å²) < 4.78 is 4.52. The molecule has 0 spiro atoms. The lowest BCUT2D eigenvalue weighted by molar-refractivity contribution is 0.319. The largest absolute Gasteiger partial charge is 0.447 e. The van der Waals surface area contributed by atoms with Crippen molar-refractivity contribution in [2.45, 2.75) is 0 Å². The molecule has 0 N–H and O–H groups in total. The van der Waals surface area contributed by atoms with Crippen LogP contribution in [0.25, 0.3) is 0 Å². The number of hydrogen-bond acceptors (Lipinski definition) is 1. The van der Waals surface area contributed by atoms with Crippen molar-refractivity contribution in [3.8, 4) is 12.0 Å². The third-order valence-electron chi connectivity index (χ3n) is 0.313. The molecule has 0 atom stereocenters. The van der Waals surface area contributed by atoms with Crippen molar-refractivity contribution < 1.29 is 4.74 Å². The van der Waals surface area contributed by atoms with Crippen molar-refractivity contribution in [3.05, 3.63) is 6.92 Å². The number of halogens is 1. The molecule has 0 aromatic heterocycles. The van der Waals surface area contributed by atoms with E-state index in [0.717, 1.165) is 0 Å². The molecule has 0 aliphatic carbocycles. The molecule has 7 heavy (non-hydrogen) atoms. The van der Waals surface area contributed by atoms with E-state index in [-0.39, 0.29) is 0 Å². The highest BCUT2D eigenvalue weighted by atomic mass is 35.5. The first-order valence-corrected chi connectivity index (χ1v) is 2.40.